The number of anilines is 5. The van der Waals surface area contributed by atoms with Crippen molar-refractivity contribution in [3.05, 3.63) is 59.5 Å². The average molecular weight is 561 g/mol. The number of fused-ring (bicyclic) bond motifs is 2. The zero-order valence-electron chi connectivity index (χ0n) is 22.4. The molecular weight excluding hydrogens is 531 g/mol. The van der Waals surface area contributed by atoms with Gasteiger partial charge in [0.2, 0.25) is 11.9 Å². The van der Waals surface area contributed by atoms with Crippen molar-refractivity contribution in [1.82, 2.24) is 19.9 Å². The van der Waals surface area contributed by atoms with Crippen LogP contribution in [0.1, 0.15) is 15.9 Å². The summed E-state index contributed by atoms with van der Waals surface area (Å²) in [6, 6.07) is 9.73. The molecule has 6 rings (SSSR count). The van der Waals surface area contributed by atoms with Crippen molar-refractivity contribution in [2.24, 2.45) is 5.73 Å². The average Bonchev–Trinajstić information content (AvgIpc) is 3.60. The van der Waals surface area contributed by atoms with E-state index in [1.807, 2.05) is 12.1 Å². The molecule has 212 valence electrons. The third kappa shape index (κ3) is 5.24. The highest BCUT2D eigenvalue weighted by molar-refractivity contribution is 6.01. The fourth-order valence-corrected chi connectivity index (χ4v) is 5.20. The van der Waals surface area contributed by atoms with Crippen LogP contribution in [0.15, 0.2) is 42.6 Å². The minimum Gasteiger partial charge on any atom is -0.495 e. The number of ether oxygens (including phenoxy) is 2. The van der Waals surface area contributed by atoms with Crippen LogP contribution in [0.5, 0.6) is 5.75 Å². The maximum Gasteiger partial charge on any atom is 0.253 e. The summed E-state index contributed by atoms with van der Waals surface area (Å²) in [6.07, 6.45) is 2.42. The number of H-pyrrole nitrogens is 1. The normalized spacial score (nSPS) is 15.1. The largest absolute Gasteiger partial charge is 0.495 e. The Kier molecular flexibility index (Phi) is 7.12. The smallest absolute Gasteiger partial charge is 0.253 e. The third-order valence-electron chi connectivity index (χ3n) is 7.24. The van der Waals surface area contributed by atoms with Crippen molar-refractivity contribution < 1.29 is 23.5 Å². The predicted molar refractivity (Wildman–Crippen MR) is 152 cm³/mol. The molecule has 13 heteroatoms. The number of morpholine rings is 1. The highest BCUT2D eigenvalue weighted by Gasteiger charge is 2.28. The van der Waals surface area contributed by atoms with Crippen molar-refractivity contribution in [1.29, 1.82) is 0 Å². The van der Waals surface area contributed by atoms with Crippen LogP contribution < -0.4 is 26.0 Å². The Hall–Kier alpha value is -4.75. The van der Waals surface area contributed by atoms with Crippen LogP contribution in [-0.2, 0) is 16.0 Å². The minimum absolute atomic E-state index is 0.0256. The van der Waals surface area contributed by atoms with Gasteiger partial charge in [-0.15, -0.1) is 0 Å². The van der Waals surface area contributed by atoms with Gasteiger partial charge in [-0.25, -0.2) is 4.39 Å². The number of halogens is 1. The fraction of sp³-hybridized carbons (Fsp3) is 0.286. The Balaban J connectivity index is 1.31. The molecule has 1 saturated heterocycles. The van der Waals surface area contributed by atoms with Crippen LogP contribution in [-0.4, -0.2) is 78.2 Å². The summed E-state index contributed by atoms with van der Waals surface area (Å²) in [5, 5.41) is 6.87. The first-order valence-electron chi connectivity index (χ1n) is 13.2. The Morgan fingerprint density at radius 3 is 2.73 bits per heavy atom. The molecule has 12 nitrogen and oxygen atoms in total. The molecule has 2 aliphatic heterocycles. The number of nitrogens with one attached hydrogen (secondary N) is 3. The number of rotatable bonds is 8. The second kappa shape index (κ2) is 11.0. The summed E-state index contributed by atoms with van der Waals surface area (Å²) in [7, 11) is 1.57. The molecule has 0 aliphatic carbocycles. The first-order chi connectivity index (χ1) is 19.9. The van der Waals surface area contributed by atoms with Crippen LogP contribution in [0.3, 0.4) is 0 Å². The molecule has 5 N–H and O–H groups in total. The predicted octanol–water partition coefficient (Wildman–Crippen LogP) is 2.91. The SMILES string of the molecule is COc1cc2c(cc1Nc1nc(Nc3cccc(F)c3C(N)=O)c3cc[nH]c3n1)N(C(=O)CN1CCOCC1)CC2. The second-order valence-corrected chi connectivity index (χ2v) is 9.78. The van der Waals surface area contributed by atoms with Crippen LogP contribution in [0, 0.1) is 5.82 Å². The summed E-state index contributed by atoms with van der Waals surface area (Å²) < 4.78 is 25.4. The molecule has 1 fully saturated rings. The molecule has 0 atom stereocenters. The summed E-state index contributed by atoms with van der Waals surface area (Å²) in [5.41, 5.74) is 8.22. The molecule has 0 spiro atoms. The Morgan fingerprint density at radius 1 is 1.12 bits per heavy atom. The van der Waals surface area contributed by atoms with Gasteiger partial charge in [-0.05, 0) is 42.3 Å². The molecule has 2 amide bonds. The van der Waals surface area contributed by atoms with Crippen molar-refractivity contribution >= 4 is 51.7 Å². The van der Waals surface area contributed by atoms with Crippen molar-refractivity contribution in [2.45, 2.75) is 6.42 Å². The van der Waals surface area contributed by atoms with Crippen molar-refractivity contribution in [3.63, 3.8) is 0 Å². The van der Waals surface area contributed by atoms with Crippen molar-refractivity contribution in [3.8, 4) is 5.75 Å². The number of nitrogens with zero attached hydrogens (tertiary/aromatic N) is 4. The number of primary amides is 1. The number of aromatic nitrogens is 3. The molecular formula is C28H29FN8O4. The number of hydrogen-bond acceptors (Lipinski definition) is 9. The van der Waals surface area contributed by atoms with E-state index in [-0.39, 0.29) is 23.1 Å². The van der Waals surface area contributed by atoms with E-state index >= 15 is 0 Å². The van der Waals surface area contributed by atoms with Gasteiger partial charge in [-0.3, -0.25) is 14.5 Å². The first kappa shape index (κ1) is 26.5. The van der Waals surface area contributed by atoms with Crippen LogP contribution in [0.2, 0.25) is 0 Å². The highest BCUT2D eigenvalue weighted by atomic mass is 19.1. The Bertz CT molecular complexity index is 1640. The summed E-state index contributed by atoms with van der Waals surface area (Å²) >= 11 is 0. The first-order valence-corrected chi connectivity index (χ1v) is 13.2. The highest BCUT2D eigenvalue weighted by Crippen LogP contribution is 2.39. The van der Waals surface area contributed by atoms with E-state index in [9.17, 15) is 14.0 Å². The number of benzene rings is 2. The van der Waals surface area contributed by atoms with E-state index in [1.54, 1.807) is 30.3 Å². The zero-order chi connectivity index (χ0) is 28.5. The lowest BCUT2D eigenvalue weighted by Crippen LogP contribution is -2.44. The minimum atomic E-state index is -0.904. The van der Waals surface area contributed by atoms with Gasteiger partial charge in [0.25, 0.3) is 5.91 Å². The van der Waals surface area contributed by atoms with Crippen LogP contribution in [0.4, 0.5) is 33.2 Å². The maximum absolute atomic E-state index is 14.4. The summed E-state index contributed by atoms with van der Waals surface area (Å²) in [5.74, 6) is -0.513. The number of methoxy groups -OCH3 is 1. The van der Waals surface area contributed by atoms with E-state index in [0.717, 1.165) is 30.8 Å². The zero-order valence-corrected chi connectivity index (χ0v) is 22.4. The molecule has 0 bridgehead atoms. The quantitative estimate of drug-likeness (QED) is 0.255. The van der Waals surface area contributed by atoms with Gasteiger partial charge >= 0.3 is 0 Å². The van der Waals surface area contributed by atoms with Crippen LogP contribution >= 0.6 is 0 Å². The number of hydrogen-bond donors (Lipinski definition) is 4. The molecule has 2 aliphatic rings. The number of carbonyl (C=O) groups is 2. The maximum atomic E-state index is 14.4. The van der Waals surface area contributed by atoms with Gasteiger partial charge in [0.1, 0.15) is 23.0 Å². The number of aromatic amines is 1. The standard InChI is InChI=1S/C28H29FN8O4/c1-40-22-13-16-6-8-37(23(38)15-36-9-11-41-12-10-36)21(16)14-20(22)33-28-34-26-17(5-7-31-26)27(35-28)32-19-4-2-3-18(29)24(19)25(30)39/h2-5,7,13-14H,6,8-12,15H2,1H3,(H2,30,39)(H3,31,32,33,34,35). The van der Waals surface area contributed by atoms with Crippen molar-refractivity contribution in [2.75, 3.05) is 62.0 Å². The molecule has 0 unspecified atom stereocenters. The molecule has 41 heavy (non-hydrogen) atoms. The molecule has 4 heterocycles. The van der Waals surface area contributed by atoms with E-state index < -0.39 is 11.7 Å². The van der Waals surface area contributed by atoms with E-state index in [1.165, 1.54) is 12.1 Å². The molecule has 0 saturated carbocycles. The number of nitrogens with two attached hydrogens (primary N) is 1. The Labute approximate surface area is 234 Å². The van der Waals surface area contributed by atoms with Gasteiger partial charge in [-0.2, -0.15) is 9.97 Å². The van der Waals surface area contributed by atoms with Crippen LogP contribution in [0.25, 0.3) is 11.0 Å². The monoisotopic (exact) mass is 560 g/mol. The molecule has 0 radical (unpaired) electrons. The van der Waals surface area contributed by atoms with E-state index in [0.29, 0.717) is 54.6 Å². The number of amides is 2. The topological polar surface area (TPSA) is 151 Å². The summed E-state index contributed by atoms with van der Waals surface area (Å²) in [6.45, 7) is 3.62. The third-order valence-corrected chi connectivity index (χ3v) is 7.24. The van der Waals surface area contributed by atoms with Gasteiger partial charge in [0, 0.05) is 31.5 Å². The van der Waals surface area contributed by atoms with E-state index in [2.05, 4.69) is 30.5 Å². The molecule has 4 aromatic rings. The van der Waals surface area contributed by atoms with Gasteiger partial charge < -0.3 is 35.7 Å². The lowest BCUT2D eigenvalue weighted by atomic mass is 10.1. The molecule has 2 aromatic heterocycles. The Morgan fingerprint density at radius 2 is 1.95 bits per heavy atom. The second-order valence-electron chi connectivity index (χ2n) is 9.78. The fourth-order valence-electron chi connectivity index (χ4n) is 5.20. The number of carbonyl (C=O) groups excluding carboxylic acids is 2. The van der Waals surface area contributed by atoms with E-state index in [4.69, 9.17) is 15.2 Å². The van der Waals surface area contributed by atoms with Gasteiger partial charge in [0.15, 0.2) is 0 Å². The van der Waals surface area contributed by atoms with Gasteiger partial charge in [-0.1, -0.05) is 6.07 Å². The lowest BCUT2D eigenvalue weighted by molar-refractivity contribution is -0.120. The van der Waals surface area contributed by atoms with Gasteiger partial charge in [0.05, 0.1) is 49.2 Å². The summed E-state index contributed by atoms with van der Waals surface area (Å²) in [4.78, 5) is 41.3. The lowest BCUT2D eigenvalue weighted by Gasteiger charge is -2.28. The molecule has 2 aromatic carbocycles.